The van der Waals surface area contributed by atoms with Gasteiger partial charge in [0.05, 0.1) is 16.8 Å². The fourth-order valence-corrected chi connectivity index (χ4v) is 3.67. The van der Waals surface area contributed by atoms with E-state index in [0.29, 0.717) is 12.2 Å². The Hall–Kier alpha value is -1.26. The van der Waals surface area contributed by atoms with Crippen LogP contribution in [0.2, 0.25) is 0 Å². The number of benzene rings is 1. The number of fused-ring (bicyclic) bond motifs is 1. The Bertz CT molecular complexity index is 560. The Kier molecular flexibility index (Phi) is 3.62. The molecular formula is C15H18N2OS. The van der Waals surface area contributed by atoms with E-state index in [1.165, 1.54) is 4.70 Å². The van der Waals surface area contributed by atoms with Crippen LogP contribution in [0.4, 0.5) is 0 Å². The number of nitrogens with zero attached hydrogens (tertiary/aromatic N) is 2. The fraction of sp³-hybridized carbons (Fsp3) is 0.467. The zero-order valence-electron chi connectivity index (χ0n) is 11.1. The molecule has 3 nitrogen and oxygen atoms in total. The van der Waals surface area contributed by atoms with Crippen molar-refractivity contribution < 1.29 is 4.79 Å². The van der Waals surface area contributed by atoms with E-state index >= 15 is 0 Å². The zero-order chi connectivity index (χ0) is 13.2. The van der Waals surface area contributed by atoms with Gasteiger partial charge in [0.25, 0.3) is 0 Å². The number of thiazole rings is 1. The molecule has 3 rings (SSSR count). The summed E-state index contributed by atoms with van der Waals surface area (Å²) in [5.41, 5.74) is 1.09. The van der Waals surface area contributed by atoms with Crippen LogP contribution in [-0.4, -0.2) is 28.8 Å². The topological polar surface area (TPSA) is 33.2 Å². The predicted molar refractivity (Wildman–Crippen MR) is 78.3 cm³/mol. The number of ketones is 1. The Morgan fingerprint density at radius 2 is 2.26 bits per heavy atom. The lowest BCUT2D eigenvalue weighted by Gasteiger charge is -2.30. The lowest BCUT2D eigenvalue weighted by atomic mass is 9.94. The van der Waals surface area contributed by atoms with Crippen LogP contribution in [0.15, 0.2) is 24.3 Å². The van der Waals surface area contributed by atoms with Crippen LogP contribution in [0.25, 0.3) is 10.2 Å². The summed E-state index contributed by atoms with van der Waals surface area (Å²) < 4.78 is 1.25. The third-order valence-corrected chi connectivity index (χ3v) is 4.82. The van der Waals surface area contributed by atoms with Gasteiger partial charge in [0.2, 0.25) is 0 Å². The van der Waals surface area contributed by atoms with Gasteiger partial charge in [-0.2, -0.15) is 0 Å². The van der Waals surface area contributed by atoms with E-state index in [4.69, 9.17) is 0 Å². The van der Waals surface area contributed by atoms with Crippen molar-refractivity contribution in [3.8, 4) is 0 Å². The van der Waals surface area contributed by atoms with Gasteiger partial charge >= 0.3 is 0 Å². The maximum atomic E-state index is 11.7. The van der Waals surface area contributed by atoms with E-state index in [2.05, 4.69) is 35.0 Å². The number of carbonyl (C=O) groups excluding carboxylic acids is 1. The second kappa shape index (κ2) is 5.39. The van der Waals surface area contributed by atoms with E-state index in [9.17, 15) is 4.79 Å². The highest BCUT2D eigenvalue weighted by Gasteiger charge is 2.26. The summed E-state index contributed by atoms with van der Waals surface area (Å²) in [4.78, 5) is 18.8. The first-order chi connectivity index (χ1) is 9.26. The molecule has 0 saturated carbocycles. The fourth-order valence-electron chi connectivity index (χ4n) is 2.66. The minimum absolute atomic E-state index is 0.225. The molecule has 1 fully saturated rings. The molecule has 1 aliphatic heterocycles. The predicted octanol–water partition coefficient (Wildman–Crippen LogP) is 3.10. The number of piperidine rings is 1. The average Bonchev–Trinajstić information content (AvgIpc) is 2.83. The van der Waals surface area contributed by atoms with Crippen LogP contribution < -0.4 is 0 Å². The molecule has 0 spiro atoms. The van der Waals surface area contributed by atoms with Crippen molar-refractivity contribution in [3.05, 3.63) is 29.3 Å². The molecule has 2 aromatic rings. The second-order valence-electron chi connectivity index (χ2n) is 5.13. The van der Waals surface area contributed by atoms with Crippen LogP contribution in [0.1, 0.15) is 24.8 Å². The number of aromatic nitrogens is 1. The molecule has 100 valence electrons. The SMILES string of the molecule is CCC1CN(Cc2nc3ccccc3s2)CCC1=O. The largest absolute Gasteiger partial charge is 0.299 e. The van der Waals surface area contributed by atoms with Crippen molar-refractivity contribution >= 4 is 27.3 Å². The van der Waals surface area contributed by atoms with Gasteiger partial charge in [0.1, 0.15) is 10.8 Å². The Morgan fingerprint density at radius 3 is 3.05 bits per heavy atom. The lowest BCUT2D eigenvalue weighted by Crippen LogP contribution is -2.40. The molecule has 4 heteroatoms. The van der Waals surface area contributed by atoms with Crippen LogP contribution in [0.5, 0.6) is 0 Å². The molecule has 0 N–H and O–H groups in total. The molecule has 1 unspecified atom stereocenters. The van der Waals surface area contributed by atoms with Gasteiger partial charge in [-0.15, -0.1) is 11.3 Å². The summed E-state index contributed by atoms with van der Waals surface area (Å²) in [5, 5.41) is 1.16. The summed E-state index contributed by atoms with van der Waals surface area (Å²) in [6.07, 6.45) is 1.65. The zero-order valence-corrected chi connectivity index (χ0v) is 11.9. The molecule has 0 aliphatic carbocycles. The first-order valence-electron chi connectivity index (χ1n) is 6.86. The smallest absolute Gasteiger partial charge is 0.138 e. The highest BCUT2D eigenvalue weighted by molar-refractivity contribution is 7.18. The van der Waals surface area contributed by atoms with Crippen molar-refractivity contribution in [1.29, 1.82) is 0 Å². The highest BCUT2D eigenvalue weighted by atomic mass is 32.1. The van der Waals surface area contributed by atoms with Crippen molar-refractivity contribution in [2.75, 3.05) is 13.1 Å². The number of para-hydroxylation sites is 1. The first-order valence-corrected chi connectivity index (χ1v) is 7.67. The quantitative estimate of drug-likeness (QED) is 0.862. The standard InChI is InChI=1S/C15H18N2OS/c1-2-11-9-17(8-7-13(11)18)10-15-16-12-5-3-4-6-14(12)19-15/h3-6,11H,2,7-10H2,1H3. The van der Waals surface area contributed by atoms with Gasteiger partial charge in [-0.3, -0.25) is 9.69 Å². The summed E-state index contributed by atoms with van der Waals surface area (Å²) in [7, 11) is 0. The molecular weight excluding hydrogens is 256 g/mol. The third kappa shape index (κ3) is 2.69. The van der Waals surface area contributed by atoms with Crippen LogP contribution in [0.3, 0.4) is 0 Å². The van der Waals surface area contributed by atoms with E-state index in [1.807, 2.05) is 6.07 Å². The minimum atomic E-state index is 0.225. The van der Waals surface area contributed by atoms with Gasteiger partial charge in [0, 0.05) is 25.4 Å². The average molecular weight is 274 g/mol. The number of hydrogen-bond donors (Lipinski definition) is 0. The monoisotopic (exact) mass is 274 g/mol. The van der Waals surface area contributed by atoms with E-state index in [0.717, 1.165) is 36.6 Å². The van der Waals surface area contributed by atoms with Crippen molar-refractivity contribution in [3.63, 3.8) is 0 Å². The van der Waals surface area contributed by atoms with Gasteiger partial charge in [-0.25, -0.2) is 4.98 Å². The third-order valence-electron chi connectivity index (χ3n) is 3.80. The van der Waals surface area contributed by atoms with Crippen molar-refractivity contribution in [1.82, 2.24) is 9.88 Å². The Labute approximate surface area is 117 Å². The van der Waals surface area contributed by atoms with Gasteiger partial charge in [0.15, 0.2) is 0 Å². The molecule has 0 radical (unpaired) electrons. The van der Waals surface area contributed by atoms with Gasteiger partial charge in [-0.05, 0) is 18.6 Å². The van der Waals surface area contributed by atoms with Crippen LogP contribution in [0, 0.1) is 5.92 Å². The number of hydrogen-bond acceptors (Lipinski definition) is 4. The molecule has 0 bridgehead atoms. The van der Waals surface area contributed by atoms with Gasteiger partial charge < -0.3 is 0 Å². The number of carbonyl (C=O) groups is 1. The van der Waals surface area contributed by atoms with Gasteiger partial charge in [-0.1, -0.05) is 19.1 Å². The maximum Gasteiger partial charge on any atom is 0.138 e. The summed E-state index contributed by atoms with van der Waals surface area (Å²) in [6.45, 7) is 4.75. The molecule has 1 aliphatic rings. The summed E-state index contributed by atoms with van der Waals surface area (Å²) in [5.74, 6) is 0.658. The van der Waals surface area contributed by atoms with E-state index in [1.54, 1.807) is 11.3 Å². The number of likely N-dealkylation sites (tertiary alicyclic amines) is 1. The minimum Gasteiger partial charge on any atom is -0.299 e. The first kappa shape index (κ1) is 12.8. The molecule has 2 heterocycles. The molecule has 0 amide bonds. The Morgan fingerprint density at radius 1 is 1.42 bits per heavy atom. The molecule has 19 heavy (non-hydrogen) atoms. The molecule has 1 aromatic heterocycles. The van der Waals surface area contributed by atoms with Crippen LogP contribution >= 0.6 is 11.3 Å². The lowest BCUT2D eigenvalue weighted by molar-refractivity contribution is -0.126. The molecule has 1 aromatic carbocycles. The second-order valence-corrected chi connectivity index (χ2v) is 6.25. The number of Topliss-reactive ketones (excluding diaryl/α,β-unsaturated/α-hetero) is 1. The van der Waals surface area contributed by atoms with E-state index in [-0.39, 0.29) is 5.92 Å². The van der Waals surface area contributed by atoms with Crippen LogP contribution in [-0.2, 0) is 11.3 Å². The number of rotatable bonds is 3. The summed E-state index contributed by atoms with van der Waals surface area (Å²) in [6, 6.07) is 8.25. The normalized spacial score (nSPS) is 21.1. The molecule has 1 saturated heterocycles. The van der Waals surface area contributed by atoms with E-state index < -0.39 is 0 Å². The highest BCUT2D eigenvalue weighted by Crippen LogP contribution is 2.24. The summed E-state index contributed by atoms with van der Waals surface area (Å²) >= 11 is 1.76. The maximum absolute atomic E-state index is 11.7. The Balaban J connectivity index is 1.72. The van der Waals surface area contributed by atoms with Crippen molar-refractivity contribution in [2.45, 2.75) is 26.3 Å². The molecule has 1 atom stereocenters. The van der Waals surface area contributed by atoms with Crippen molar-refractivity contribution in [2.24, 2.45) is 5.92 Å².